The fraction of sp³-hybridized carbons (Fsp3) is 0.294. The van der Waals surface area contributed by atoms with Crippen molar-refractivity contribution in [2.45, 2.75) is 6.92 Å². The SMILES string of the molecule is CCN(CCO)c1ccc(Nc2ccc(NS(C)(=O)=O)cc2[N+](=O)[O-])cc1. The fourth-order valence-electron chi connectivity index (χ4n) is 2.57. The van der Waals surface area contributed by atoms with E-state index >= 15 is 0 Å². The van der Waals surface area contributed by atoms with Crippen LogP contribution in [0, 0.1) is 10.1 Å². The Labute approximate surface area is 157 Å². The van der Waals surface area contributed by atoms with E-state index in [9.17, 15) is 18.5 Å². The van der Waals surface area contributed by atoms with Crippen LogP contribution in [0.4, 0.5) is 28.4 Å². The molecule has 0 aliphatic rings. The maximum Gasteiger partial charge on any atom is 0.294 e. The third-order valence-electron chi connectivity index (χ3n) is 3.76. The van der Waals surface area contributed by atoms with Crippen molar-refractivity contribution in [1.82, 2.24) is 0 Å². The molecule has 0 atom stereocenters. The van der Waals surface area contributed by atoms with Gasteiger partial charge in [0, 0.05) is 30.5 Å². The van der Waals surface area contributed by atoms with E-state index < -0.39 is 14.9 Å². The van der Waals surface area contributed by atoms with Gasteiger partial charge in [0.15, 0.2) is 0 Å². The molecular formula is C17H22N4O5S. The van der Waals surface area contributed by atoms with Gasteiger partial charge in [0.2, 0.25) is 10.0 Å². The zero-order valence-corrected chi connectivity index (χ0v) is 15.9. The summed E-state index contributed by atoms with van der Waals surface area (Å²) in [7, 11) is -3.53. The summed E-state index contributed by atoms with van der Waals surface area (Å²) >= 11 is 0. The van der Waals surface area contributed by atoms with Crippen molar-refractivity contribution in [3.8, 4) is 0 Å². The van der Waals surface area contributed by atoms with Crippen LogP contribution < -0.4 is 14.9 Å². The highest BCUT2D eigenvalue weighted by Gasteiger charge is 2.16. The number of anilines is 4. The highest BCUT2D eigenvalue weighted by molar-refractivity contribution is 7.92. The summed E-state index contributed by atoms with van der Waals surface area (Å²) in [5, 5.41) is 23.4. The van der Waals surface area contributed by atoms with E-state index in [1.165, 1.54) is 12.1 Å². The number of nitro benzene ring substituents is 1. The Morgan fingerprint density at radius 3 is 2.30 bits per heavy atom. The smallest absolute Gasteiger partial charge is 0.294 e. The second-order valence-electron chi connectivity index (χ2n) is 5.84. The molecule has 0 aliphatic heterocycles. The number of sulfonamides is 1. The van der Waals surface area contributed by atoms with Gasteiger partial charge in [-0.1, -0.05) is 0 Å². The lowest BCUT2D eigenvalue weighted by Crippen LogP contribution is -2.25. The topological polar surface area (TPSA) is 125 Å². The maximum atomic E-state index is 11.3. The number of nitro groups is 1. The molecule has 9 nitrogen and oxygen atoms in total. The van der Waals surface area contributed by atoms with Gasteiger partial charge in [0.1, 0.15) is 5.69 Å². The quantitative estimate of drug-likeness (QED) is 0.441. The first-order chi connectivity index (χ1) is 12.7. The number of likely N-dealkylation sites (N-methyl/N-ethyl adjacent to an activating group) is 1. The first-order valence-corrected chi connectivity index (χ1v) is 10.1. The number of aliphatic hydroxyl groups is 1. The lowest BCUT2D eigenvalue weighted by Gasteiger charge is -2.22. The monoisotopic (exact) mass is 394 g/mol. The van der Waals surface area contributed by atoms with Crippen LogP contribution in [-0.2, 0) is 10.0 Å². The number of rotatable bonds is 9. The van der Waals surface area contributed by atoms with Crippen molar-refractivity contribution in [3.63, 3.8) is 0 Å². The highest BCUT2D eigenvalue weighted by Crippen LogP contribution is 2.31. The lowest BCUT2D eigenvalue weighted by molar-refractivity contribution is -0.383. The molecule has 0 saturated heterocycles. The molecule has 0 saturated carbocycles. The molecule has 0 spiro atoms. The molecule has 0 fully saturated rings. The second kappa shape index (κ2) is 8.69. The molecule has 0 radical (unpaired) electrons. The van der Waals surface area contributed by atoms with Gasteiger partial charge in [-0.25, -0.2) is 8.42 Å². The first-order valence-electron chi connectivity index (χ1n) is 8.22. The van der Waals surface area contributed by atoms with E-state index in [1.54, 1.807) is 12.1 Å². The third-order valence-corrected chi connectivity index (χ3v) is 4.37. The van der Waals surface area contributed by atoms with Crippen molar-refractivity contribution < 1.29 is 18.4 Å². The predicted octanol–water partition coefficient (Wildman–Crippen LogP) is 2.53. The average molecular weight is 394 g/mol. The van der Waals surface area contributed by atoms with Crippen LogP contribution in [-0.4, -0.2) is 44.4 Å². The number of nitrogens with zero attached hydrogens (tertiary/aromatic N) is 2. The Morgan fingerprint density at radius 2 is 1.78 bits per heavy atom. The van der Waals surface area contributed by atoms with E-state index in [0.717, 1.165) is 24.6 Å². The summed E-state index contributed by atoms with van der Waals surface area (Å²) in [6.07, 6.45) is 0.975. The highest BCUT2D eigenvalue weighted by atomic mass is 32.2. The molecule has 2 aromatic rings. The van der Waals surface area contributed by atoms with Crippen LogP contribution in [0.2, 0.25) is 0 Å². The van der Waals surface area contributed by atoms with Crippen LogP contribution in [0.25, 0.3) is 0 Å². The molecule has 0 heterocycles. The fourth-order valence-corrected chi connectivity index (χ4v) is 3.12. The van der Waals surface area contributed by atoms with Gasteiger partial charge in [-0.3, -0.25) is 14.8 Å². The summed E-state index contributed by atoms with van der Waals surface area (Å²) in [4.78, 5) is 12.8. The minimum absolute atomic E-state index is 0.0495. The minimum Gasteiger partial charge on any atom is -0.395 e. The zero-order valence-electron chi connectivity index (χ0n) is 15.0. The average Bonchev–Trinajstić information content (AvgIpc) is 2.60. The number of hydrogen-bond donors (Lipinski definition) is 3. The Morgan fingerprint density at radius 1 is 1.15 bits per heavy atom. The lowest BCUT2D eigenvalue weighted by atomic mass is 10.2. The van der Waals surface area contributed by atoms with Crippen LogP contribution >= 0.6 is 0 Å². The molecule has 0 aromatic heterocycles. The van der Waals surface area contributed by atoms with Crippen molar-refractivity contribution in [1.29, 1.82) is 0 Å². The summed E-state index contributed by atoms with van der Waals surface area (Å²) in [6.45, 7) is 3.29. The third kappa shape index (κ3) is 5.83. The van der Waals surface area contributed by atoms with Gasteiger partial charge >= 0.3 is 0 Å². The van der Waals surface area contributed by atoms with Crippen molar-refractivity contribution >= 4 is 38.5 Å². The molecule has 2 rings (SSSR count). The number of hydrogen-bond acceptors (Lipinski definition) is 7. The van der Waals surface area contributed by atoms with Gasteiger partial charge in [-0.05, 0) is 43.3 Å². The molecule has 146 valence electrons. The Bertz CT molecular complexity index is 900. The Hall–Kier alpha value is -2.85. The van der Waals surface area contributed by atoms with E-state index in [-0.39, 0.29) is 23.7 Å². The van der Waals surface area contributed by atoms with Crippen molar-refractivity contribution in [3.05, 3.63) is 52.6 Å². The molecule has 27 heavy (non-hydrogen) atoms. The van der Waals surface area contributed by atoms with Gasteiger partial charge in [-0.15, -0.1) is 0 Å². The number of nitrogens with one attached hydrogen (secondary N) is 2. The molecule has 2 aromatic carbocycles. The van der Waals surface area contributed by atoms with Crippen molar-refractivity contribution in [2.75, 3.05) is 40.9 Å². The molecule has 0 amide bonds. The first kappa shape index (κ1) is 20.5. The number of aliphatic hydroxyl groups excluding tert-OH is 1. The van der Waals surface area contributed by atoms with Crippen LogP contribution in [0.5, 0.6) is 0 Å². The van der Waals surface area contributed by atoms with Crippen LogP contribution in [0.15, 0.2) is 42.5 Å². The van der Waals surface area contributed by atoms with Crippen LogP contribution in [0.1, 0.15) is 6.92 Å². The molecule has 0 bridgehead atoms. The summed E-state index contributed by atoms with van der Waals surface area (Å²) in [6, 6.07) is 11.3. The van der Waals surface area contributed by atoms with Gasteiger partial charge in [0.05, 0.1) is 23.5 Å². The van der Waals surface area contributed by atoms with E-state index in [4.69, 9.17) is 5.11 Å². The minimum atomic E-state index is -3.53. The summed E-state index contributed by atoms with van der Waals surface area (Å²) in [5.74, 6) is 0. The largest absolute Gasteiger partial charge is 0.395 e. The number of benzene rings is 2. The summed E-state index contributed by atoms with van der Waals surface area (Å²) in [5.41, 5.74) is 1.69. The normalized spacial score (nSPS) is 11.1. The van der Waals surface area contributed by atoms with Crippen LogP contribution in [0.3, 0.4) is 0 Å². The van der Waals surface area contributed by atoms with E-state index in [0.29, 0.717) is 12.2 Å². The molecule has 0 aliphatic carbocycles. The molecule has 10 heteroatoms. The molecule has 3 N–H and O–H groups in total. The van der Waals surface area contributed by atoms with E-state index in [1.807, 2.05) is 24.0 Å². The van der Waals surface area contributed by atoms with Gasteiger partial charge in [-0.2, -0.15) is 0 Å². The zero-order chi connectivity index (χ0) is 20.0. The molecule has 0 unspecified atom stereocenters. The Balaban J connectivity index is 2.24. The van der Waals surface area contributed by atoms with Gasteiger partial charge < -0.3 is 15.3 Å². The van der Waals surface area contributed by atoms with Crippen molar-refractivity contribution in [2.24, 2.45) is 0 Å². The maximum absolute atomic E-state index is 11.3. The predicted molar refractivity (Wildman–Crippen MR) is 106 cm³/mol. The van der Waals surface area contributed by atoms with Gasteiger partial charge in [0.25, 0.3) is 5.69 Å². The summed E-state index contributed by atoms with van der Waals surface area (Å²) < 4.78 is 24.8. The molecular weight excluding hydrogens is 372 g/mol. The Kier molecular flexibility index (Phi) is 6.59. The second-order valence-corrected chi connectivity index (χ2v) is 7.59. The van der Waals surface area contributed by atoms with E-state index in [2.05, 4.69) is 10.0 Å². The standard InChI is InChI=1S/C17H22N4O5S/c1-3-20(10-11-22)15-7-4-13(5-8-15)18-16-9-6-14(19-27(2,25)26)12-17(16)21(23)24/h4-9,12,18-19,22H,3,10-11H2,1-2H3.